The fraction of sp³-hybridized carbons (Fsp3) is 0.286. The van der Waals surface area contributed by atoms with Gasteiger partial charge in [0.1, 0.15) is 0 Å². The molecule has 0 aliphatic rings. The lowest BCUT2D eigenvalue weighted by Gasteiger charge is -2.17. The van der Waals surface area contributed by atoms with Gasteiger partial charge in [0.25, 0.3) is 5.91 Å². The molecule has 0 saturated carbocycles. The van der Waals surface area contributed by atoms with E-state index in [9.17, 15) is 14.4 Å². The fourth-order valence-corrected chi connectivity index (χ4v) is 3.03. The number of amides is 2. The van der Waals surface area contributed by atoms with Gasteiger partial charge in [-0.1, -0.05) is 18.2 Å². The summed E-state index contributed by atoms with van der Waals surface area (Å²) >= 11 is 1.52. The molecule has 0 fully saturated rings. The molecule has 0 spiro atoms. The second-order valence-electron chi connectivity index (χ2n) is 6.52. The van der Waals surface area contributed by atoms with Crippen molar-refractivity contribution in [2.24, 2.45) is 0 Å². The minimum Gasteiger partial charge on any atom is -0.452 e. The van der Waals surface area contributed by atoms with Crippen molar-refractivity contribution < 1.29 is 19.1 Å². The van der Waals surface area contributed by atoms with E-state index < -0.39 is 18.5 Å². The molecule has 0 radical (unpaired) electrons. The number of esters is 1. The van der Waals surface area contributed by atoms with E-state index in [2.05, 4.69) is 5.32 Å². The van der Waals surface area contributed by atoms with Crippen molar-refractivity contribution in [2.45, 2.75) is 4.90 Å². The number of ether oxygens (including phenoxy) is 1. The minimum atomic E-state index is -0.589. The molecular weight excluding hydrogens is 390 g/mol. The molecule has 2 amide bonds. The van der Waals surface area contributed by atoms with Crippen LogP contribution in [-0.2, 0) is 14.3 Å². The molecule has 0 aromatic heterocycles. The highest BCUT2D eigenvalue weighted by molar-refractivity contribution is 7.98. The summed E-state index contributed by atoms with van der Waals surface area (Å²) in [6, 6.07) is 14.3. The predicted molar refractivity (Wildman–Crippen MR) is 116 cm³/mol. The third-order valence-corrected chi connectivity index (χ3v) is 4.91. The lowest BCUT2D eigenvalue weighted by molar-refractivity contribution is -0.136. The second kappa shape index (κ2) is 10.5. The minimum absolute atomic E-state index is 0.144. The number of nitrogens with zero attached hydrogens (tertiary/aromatic N) is 2. The van der Waals surface area contributed by atoms with E-state index in [4.69, 9.17) is 4.74 Å². The van der Waals surface area contributed by atoms with Crippen LogP contribution >= 0.6 is 11.8 Å². The molecule has 2 aromatic carbocycles. The highest BCUT2D eigenvalue weighted by Gasteiger charge is 2.17. The van der Waals surface area contributed by atoms with Gasteiger partial charge in [0, 0.05) is 31.7 Å². The van der Waals surface area contributed by atoms with Crippen molar-refractivity contribution in [2.75, 3.05) is 50.8 Å². The molecule has 0 aliphatic carbocycles. The molecule has 0 unspecified atom stereocenters. The van der Waals surface area contributed by atoms with Crippen molar-refractivity contribution in [1.82, 2.24) is 4.90 Å². The van der Waals surface area contributed by atoms with Crippen LogP contribution in [0.4, 0.5) is 11.4 Å². The van der Waals surface area contributed by atoms with Crippen LogP contribution in [0.3, 0.4) is 0 Å². The maximum absolute atomic E-state index is 12.2. The van der Waals surface area contributed by atoms with Crippen LogP contribution in [0.15, 0.2) is 53.4 Å². The lowest BCUT2D eigenvalue weighted by Crippen LogP contribution is -2.37. The van der Waals surface area contributed by atoms with E-state index in [-0.39, 0.29) is 12.5 Å². The fourth-order valence-electron chi connectivity index (χ4n) is 2.47. The number of carbonyl (C=O) groups excluding carboxylic acids is 3. The number of likely N-dealkylation sites (N-methyl/N-ethyl adjacent to an activating group) is 1. The molecule has 0 atom stereocenters. The van der Waals surface area contributed by atoms with E-state index in [0.29, 0.717) is 11.3 Å². The number of rotatable bonds is 8. The van der Waals surface area contributed by atoms with Crippen molar-refractivity contribution in [3.8, 4) is 0 Å². The Morgan fingerprint density at radius 1 is 1.03 bits per heavy atom. The molecular formula is C21H25N3O4S. The van der Waals surface area contributed by atoms with Gasteiger partial charge in [-0.2, -0.15) is 0 Å². The average molecular weight is 416 g/mol. The maximum atomic E-state index is 12.2. The number of hydrogen-bond donors (Lipinski definition) is 1. The first kappa shape index (κ1) is 22.3. The first-order valence-corrected chi connectivity index (χ1v) is 10.2. The van der Waals surface area contributed by atoms with E-state index >= 15 is 0 Å². The summed E-state index contributed by atoms with van der Waals surface area (Å²) in [5.74, 6) is -1.38. The van der Waals surface area contributed by atoms with Gasteiger partial charge in [0.05, 0.1) is 17.8 Å². The SMILES string of the molecule is CSc1ccccc1NC(=O)CN(C)C(=O)COC(=O)c1cccc(N(C)C)c1. The average Bonchev–Trinajstić information content (AvgIpc) is 2.71. The second-order valence-corrected chi connectivity index (χ2v) is 7.37. The first-order valence-electron chi connectivity index (χ1n) is 8.93. The maximum Gasteiger partial charge on any atom is 0.338 e. The molecule has 29 heavy (non-hydrogen) atoms. The van der Waals surface area contributed by atoms with Gasteiger partial charge in [0.15, 0.2) is 6.61 Å². The smallest absolute Gasteiger partial charge is 0.338 e. The monoisotopic (exact) mass is 415 g/mol. The molecule has 7 nitrogen and oxygen atoms in total. The summed E-state index contributed by atoms with van der Waals surface area (Å²) in [7, 11) is 5.22. The zero-order valence-electron chi connectivity index (χ0n) is 17.0. The summed E-state index contributed by atoms with van der Waals surface area (Å²) in [5, 5.41) is 2.79. The zero-order valence-corrected chi connectivity index (χ0v) is 17.8. The molecule has 2 rings (SSSR count). The van der Waals surface area contributed by atoms with Crippen LogP contribution in [0.5, 0.6) is 0 Å². The molecule has 0 heterocycles. The van der Waals surface area contributed by atoms with Gasteiger partial charge >= 0.3 is 5.97 Å². The molecule has 2 aromatic rings. The van der Waals surface area contributed by atoms with Crippen LogP contribution in [-0.4, -0.2) is 63.2 Å². The standard InChI is InChI=1S/C21H25N3O4S/c1-23(2)16-9-7-8-15(12-16)21(27)28-14-20(26)24(3)13-19(25)22-17-10-5-6-11-18(17)29-4/h5-12H,13-14H2,1-4H3,(H,22,25). The van der Waals surface area contributed by atoms with Gasteiger partial charge in [-0.3, -0.25) is 9.59 Å². The number of para-hydroxylation sites is 1. The molecule has 8 heteroatoms. The van der Waals surface area contributed by atoms with Crippen LogP contribution in [0.2, 0.25) is 0 Å². The number of nitrogens with one attached hydrogen (secondary N) is 1. The van der Waals surface area contributed by atoms with E-state index in [1.54, 1.807) is 24.3 Å². The quantitative estimate of drug-likeness (QED) is 0.528. The number of anilines is 2. The Morgan fingerprint density at radius 2 is 1.76 bits per heavy atom. The normalized spacial score (nSPS) is 10.2. The zero-order chi connectivity index (χ0) is 21.4. The summed E-state index contributed by atoms with van der Waals surface area (Å²) in [4.78, 5) is 40.7. The third kappa shape index (κ3) is 6.53. The van der Waals surface area contributed by atoms with Crippen molar-refractivity contribution in [3.63, 3.8) is 0 Å². The molecule has 0 bridgehead atoms. The predicted octanol–water partition coefficient (Wildman–Crippen LogP) is 2.73. The molecule has 0 saturated heterocycles. The topological polar surface area (TPSA) is 79.0 Å². The Balaban J connectivity index is 1.86. The van der Waals surface area contributed by atoms with Gasteiger partial charge in [-0.05, 0) is 36.6 Å². The summed E-state index contributed by atoms with van der Waals surface area (Å²) in [5.41, 5.74) is 1.90. The molecule has 1 N–H and O–H groups in total. The van der Waals surface area contributed by atoms with Crippen LogP contribution in [0, 0.1) is 0 Å². The van der Waals surface area contributed by atoms with Gasteiger partial charge < -0.3 is 19.9 Å². The Bertz CT molecular complexity index is 886. The highest BCUT2D eigenvalue weighted by Crippen LogP contribution is 2.24. The van der Waals surface area contributed by atoms with E-state index in [1.807, 2.05) is 49.5 Å². The van der Waals surface area contributed by atoms with Gasteiger partial charge in [0.2, 0.25) is 5.91 Å². The lowest BCUT2D eigenvalue weighted by atomic mass is 10.2. The summed E-state index contributed by atoms with van der Waals surface area (Å²) in [6.45, 7) is -0.578. The summed E-state index contributed by atoms with van der Waals surface area (Å²) < 4.78 is 5.10. The Labute approximate surface area is 175 Å². The van der Waals surface area contributed by atoms with Crippen LogP contribution in [0.25, 0.3) is 0 Å². The van der Waals surface area contributed by atoms with Crippen LogP contribution < -0.4 is 10.2 Å². The Hall–Kier alpha value is -3.00. The number of hydrogen-bond acceptors (Lipinski definition) is 6. The highest BCUT2D eigenvalue weighted by atomic mass is 32.2. The number of thioether (sulfide) groups is 1. The molecule has 0 aliphatic heterocycles. The first-order chi connectivity index (χ1) is 13.8. The largest absolute Gasteiger partial charge is 0.452 e. The van der Waals surface area contributed by atoms with Crippen molar-refractivity contribution in [3.05, 3.63) is 54.1 Å². The van der Waals surface area contributed by atoms with Gasteiger partial charge in [-0.25, -0.2) is 4.79 Å². The van der Waals surface area contributed by atoms with E-state index in [1.165, 1.54) is 23.7 Å². The number of carbonyl (C=O) groups is 3. The van der Waals surface area contributed by atoms with Crippen molar-refractivity contribution >= 4 is 40.9 Å². The third-order valence-electron chi connectivity index (χ3n) is 4.11. The van der Waals surface area contributed by atoms with Crippen LogP contribution in [0.1, 0.15) is 10.4 Å². The van der Waals surface area contributed by atoms with Gasteiger partial charge in [-0.15, -0.1) is 11.8 Å². The summed E-state index contributed by atoms with van der Waals surface area (Å²) in [6.07, 6.45) is 1.92. The number of benzene rings is 2. The Morgan fingerprint density at radius 3 is 2.45 bits per heavy atom. The van der Waals surface area contributed by atoms with E-state index in [0.717, 1.165) is 10.6 Å². The molecule has 154 valence electrons. The Kier molecular flexibility index (Phi) is 8.09. The van der Waals surface area contributed by atoms with Crippen molar-refractivity contribution in [1.29, 1.82) is 0 Å².